The lowest BCUT2D eigenvalue weighted by atomic mass is 10.1. The van der Waals surface area contributed by atoms with Crippen molar-refractivity contribution in [3.05, 3.63) is 64.7 Å². The Morgan fingerprint density at radius 2 is 1.76 bits per heavy atom. The van der Waals surface area contributed by atoms with Crippen LogP contribution in [0.5, 0.6) is 0 Å². The predicted molar refractivity (Wildman–Crippen MR) is 114 cm³/mol. The van der Waals surface area contributed by atoms with Crippen molar-refractivity contribution >= 4 is 27.5 Å². The van der Waals surface area contributed by atoms with E-state index < -0.39 is 10.0 Å². The van der Waals surface area contributed by atoms with Gasteiger partial charge in [-0.2, -0.15) is 4.31 Å². The number of hydrogen-bond donors (Lipinski definition) is 1. The fourth-order valence-corrected chi connectivity index (χ4v) is 4.15. The molecule has 8 heteroatoms. The molecule has 1 amide bonds. The van der Waals surface area contributed by atoms with Crippen LogP contribution < -0.4 is 5.32 Å². The molecule has 0 bridgehead atoms. The van der Waals surface area contributed by atoms with Crippen molar-refractivity contribution in [2.24, 2.45) is 0 Å². The highest BCUT2D eigenvalue weighted by atomic mass is 35.5. The number of sulfonamides is 1. The molecule has 0 aromatic heterocycles. The third kappa shape index (κ3) is 7.44. The molecule has 0 radical (unpaired) electrons. The molecule has 0 spiro atoms. The smallest absolute Gasteiger partial charge is 0.243 e. The SMILES string of the molecule is CCOCCCNC(=O)CN(Cc1ccc(C)cc1)S(=O)(=O)c1ccc(Cl)cc1. The van der Waals surface area contributed by atoms with Crippen molar-refractivity contribution in [3.8, 4) is 0 Å². The number of carbonyl (C=O) groups excluding carboxylic acids is 1. The molecule has 0 saturated carbocycles. The second-order valence-corrected chi connectivity index (χ2v) is 8.99. The summed E-state index contributed by atoms with van der Waals surface area (Å²) in [5.74, 6) is -0.355. The lowest BCUT2D eigenvalue weighted by Gasteiger charge is -2.22. The lowest BCUT2D eigenvalue weighted by molar-refractivity contribution is -0.121. The molecule has 0 unspecified atom stereocenters. The molecule has 0 heterocycles. The highest BCUT2D eigenvalue weighted by molar-refractivity contribution is 7.89. The molecule has 2 rings (SSSR count). The number of halogens is 1. The summed E-state index contributed by atoms with van der Waals surface area (Å²) in [5.41, 5.74) is 1.88. The molecule has 6 nitrogen and oxygen atoms in total. The maximum Gasteiger partial charge on any atom is 0.243 e. The van der Waals surface area contributed by atoms with E-state index in [1.54, 1.807) is 0 Å². The summed E-state index contributed by atoms with van der Waals surface area (Å²) in [6.45, 7) is 5.29. The summed E-state index contributed by atoms with van der Waals surface area (Å²) in [6, 6.07) is 13.5. The molecular weight excluding hydrogens is 412 g/mol. The molecule has 0 aliphatic carbocycles. The zero-order valence-electron chi connectivity index (χ0n) is 16.7. The first-order valence-corrected chi connectivity index (χ1v) is 11.3. The van der Waals surface area contributed by atoms with Crippen LogP contribution in [-0.4, -0.2) is 44.9 Å². The van der Waals surface area contributed by atoms with Crippen molar-refractivity contribution < 1.29 is 17.9 Å². The number of nitrogens with zero attached hydrogens (tertiary/aromatic N) is 1. The van der Waals surface area contributed by atoms with E-state index in [0.29, 0.717) is 31.2 Å². The zero-order valence-corrected chi connectivity index (χ0v) is 18.3. The quantitative estimate of drug-likeness (QED) is 0.545. The van der Waals surface area contributed by atoms with E-state index >= 15 is 0 Å². The van der Waals surface area contributed by atoms with Gasteiger partial charge in [0.1, 0.15) is 0 Å². The van der Waals surface area contributed by atoms with Crippen LogP contribution in [-0.2, 0) is 26.1 Å². The predicted octanol–water partition coefficient (Wildman–Crippen LogP) is 3.38. The molecule has 29 heavy (non-hydrogen) atoms. The van der Waals surface area contributed by atoms with Gasteiger partial charge >= 0.3 is 0 Å². The third-order valence-corrected chi connectivity index (χ3v) is 6.30. The third-order valence-electron chi connectivity index (χ3n) is 4.24. The van der Waals surface area contributed by atoms with Crippen LogP contribution in [0.3, 0.4) is 0 Å². The van der Waals surface area contributed by atoms with E-state index in [9.17, 15) is 13.2 Å². The number of carbonyl (C=O) groups is 1. The summed E-state index contributed by atoms with van der Waals surface area (Å²) in [5, 5.41) is 3.20. The van der Waals surface area contributed by atoms with Gasteiger partial charge in [0.2, 0.25) is 15.9 Å². The van der Waals surface area contributed by atoms with Gasteiger partial charge in [-0.1, -0.05) is 41.4 Å². The van der Waals surface area contributed by atoms with E-state index in [2.05, 4.69) is 5.32 Å². The van der Waals surface area contributed by atoms with Crippen LogP contribution >= 0.6 is 11.6 Å². The fraction of sp³-hybridized carbons (Fsp3) is 0.381. The average molecular weight is 439 g/mol. The van der Waals surface area contributed by atoms with Crippen molar-refractivity contribution in [2.45, 2.75) is 31.7 Å². The average Bonchev–Trinajstić information content (AvgIpc) is 2.69. The molecule has 158 valence electrons. The minimum Gasteiger partial charge on any atom is -0.382 e. The normalized spacial score (nSPS) is 11.6. The first-order chi connectivity index (χ1) is 13.8. The Bertz CT molecular complexity index is 884. The van der Waals surface area contributed by atoms with E-state index in [-0.39, 0.29) is 23.9 Å². The standard InChI is InChI=1S/C21H27ClN2O4S/c1-3-28-14-4-13-23-21(25)16-24(15-18-7-5-17(2)6-8-18)29(26,27)20-11-9-19(22)10-12-20/h5-12H,3-4,13-16H2,1-2H3,(H,23,25). The van der Waals surface area contributed by atoms with E-state index in [0.717, 1.165) is 11.1 Å². The maximum atomic E-state index is 13.1. The Morgan fingerprint density at radius 1 is 1.10 bits per heavy atom. The van der Waals surface area contributed by atoms with Crippen LogP contribution in [0.15, 0.2) is 53.4 Å². The minimum absolute atomic E-state index is 0.0948. The zero-order chi connectivity index (χ0) is 21.3. The fourth-order valence-electron chi connectivity index (χ4n) is 2.64. The number of aryl methyl sites for hydroxylation is 1. The summed E-state index contributed by atoms with van der Waals surface area (Å²) >= 11 is 5.88. The van der Waals surface area contributed by atoms with Gasteiger partial charge in [0.15, 0.2) is 0 Å². The Balaban J connectivity index is 2.15. The number of ether oxygens (including phenoxy) is 1. The molecule has 0 aliphatic heterocycles. The monoisotopic (exact) mass is 438 g/mol. The van der Waals surface area contributed by atoms with Gasteiger partial charge < -0.3 is 10.1 Å². The largest absolute Gasteiger partial charge is 0.382 e. The first-order valence-electron chi connectivity index (χ1n) is 9.48. The van der Waals surface area contributed by atoms with E-state index in [1.807, 2.05) is 38.1 Å². The Morgan fingerprint density at radius 3 is 2.38 bits per heavy atom. The Labute approximate surface area is 177 Å². The van der Waals surface area contributed by atoms with Gasteiger partial charge in [-0.3, -0.25) is 4.79 Å². The highest BCUT2D eigenvalue weighted by Gasteiger charge is 2.26. The lowest BCUT2D eigenvalue weighted by Crippen LogP contribution is -2.40. The molecular formula is C21H27ClN2O4S. The van der Waals surface area contributed by atoms with Crippen molar-refractivity contribution in [3.63, 3.8) is 0 Å². The second-order valence-electron chi connectivity index (χ2n) is 6.61. The van der Waals surface area contributed by atoms with Crippen molar-refractivity contribution in [1.82, 2.24) is 9.62 Å². The van der Waals surface area contributed by atoms with Gasteiger partial charge in [-0.05, 0) is 50.1 Å². The molecule has 0 atom stereocenters. The number of benzene rings is 2. The minimum atomic E-state index is -3.87. The highest BCUT2D eigenvalue weighted by Crippen LogP contribution is 2.20. The second kappa shape index (κ2) is 11.3. The number of hydrogen-bond acceptors (Lipinski definition) is 4. The van der Waals surface area contributed by atoms with Gasteiger partial charge in [-0.15, -0.1) is 0 Å². The summed E-state index contributed by atoms with van der Waals surface area (Å²) in [6.07, 6.45) is 0.668. The van der Waals surface area contributed by atoms with Gasteiger partial charge in [0.25, 0.3) is 0 Å². The number of nitrogens with one attached hydrogen (secondary N) is 1. The van der Waals surface area contributed by atoms with Crippen molar-refractivity contribution in [1.29, 1.82) is 0 Å². The topological polar surface area (TPSA) is 75.7 Å². The maximum absolute atomic E-state index is 13.1. The number of amides is 1. The molecule has 1 N–H and O–H groups in total. The molecule has 2 aromatic carbocycles. The molecule has 0 fully saturated rings. The molecule has 0 saturated heterocycles. The van der Waals surface area contributed by atoms with E-state index in [4.69, 9.17) is 16.3 Å². The number of rotatable bonds is 11. The summed E-state index contributed by atoms with van der Waals surface area (Å²) < 4.78 is 32.7. The molecule has 0 aliphatic rings. The van der Waals surface area contributed by atoms with Gasteiger partial charge in [-0.25, -0.2) is 8.42 Å². The van der Waals surface area contributed by atoms with Crippen LogP contribution in [0.1, 0.15) is 24.5 Å². The van der Waals surface area contributed by atoms with Crippen LogP contribution in [0.25, 0.3) is 0 Å². The Kier molecular flexibility index (Phi) is 9.10. The summed E-state index contributed by atoms with van der Waals surface area (Å²) in [4.78, 5) is 12.5. The molecule has 2 aromatic rings. The first kappa shape index (κ1) is 23.3. The van der Waals surface area contributed by atoms with Crippen LogP contribution in [0.2, 0.25) is 5.02 Å². The van der Waals surface area contributed by atoms with Crippen molar-refractivity contribution in [2.75, 3.05) is 26.3 Å². The Hall–Kier alpha value is -1.93. The van der Waals surface area contributed by atoms with Crippen LogP contribution in [0.4, 0.5) is 0 Å². The summed E-state index contributed by atoms with van der Waals surface area (Å²) in [7, 11) is -3.87. The van der Waals surface area contributed by atoms with Gasteiger partial charge in [0, 0.05) is 31.3 Å². The van der Waals surface area contributed by atoms with Gasteiger partial charge in [0.05, 0.1) is 11.4 Å². The van der Waals surface area contributed by atoms with Crippen LogP contribution in [0, 0.1) is 6.92 Å². The van der Waals surface area contributed by atoms with E-state index in [1.165, 1.54) is 28.6 Å².